The van der Waals surface area contributed by atoms with Crippen LogP contribution in [0.15, 0.2) is 41.3 Å². The van der Waals surface area contributed by atoms with Crippen molar-refractivity contribution in [1.82, 2.24) is 14.6 Å². The number of alkyl halides is 2. The number of piperazine rings is 1. The highest BCUT2D eigenvalue weighted by molar-refractivity contribution is 7.89. The largest absolute Gasteiger partial charge is 0.481 e. The molecule has 2 N–H and O–H groups in total. The van der Waals surface area contributed by atoms with Crippen LogP contribution in [0, 0.1) is 11.8 Å². The molecule has 1 aromatic carbocycles. The second-order valence-corrected chi connectivity index (χ2v) is 15.8. The van der Waals surface area contributed by atoms with Crippen LogP contribution < -0.4 is 15.1 Å². The summed E-state index contributed by atoms with van der Waals surface area (Å²) >= 11 is 6.18. The molecule has 1 atom stereocenters. The van der Waals surface area contributed by atoms with Crippen LogP contribution in [0.4, 0.5) is 25.1 Å². The van der Waals surface area contributed by atoms with Crippen LogP contribution in [0.1, 0.15) is 58.4 Å². The molecule has 5 rings (SSSR count). The molecule has 1 aliphatic carbocycles. The number of nitrogens with one attached hydrogen (secondary N) is 1. The number of hydrogen-bond acceptors (Lipinski definition) is 8. The second-order valence-electron chi connectivity index (χ2n) is 13.5. The van der Waals surface area contributed by atoms with Crippen LogP contribution in [0.2, 0.25) is 5.15 Å². The van der Waals surface area contributed by atoms with Gasteiger partial charge in [0.05, 0.1) is 16.9 Å². The van der Waals surface area contributed by atoms with Gasteiger partial charge in [0.25, 0.3) is 5.92 Å². The Bertz CT molecular complexity index is 1640. The van der Waals surface area contributed by atoms with Gasteiger partial charge in [0.2, 0.25) is 15.9 Å². The van der Waals surface area contributed by atoms with Gasteiger partial charge >= 0.3 is 12.1 Å². The molecule has 2 aromatic rings. The molecular formula is C32H40ClF2N5O7S. The number of carbonyl (C=O) groups is 3. The van der Waals surface area contributed by atoms with E-state index in [1.165, 1.54) is 27.4 Å². The van der Waals surface area contributed by atoms with Gasteiger partial charge in [0.15, 0.2) is 0 Å². The van der Waals surface area contributed by atoms with Crippen molar-refractivity contribution >= 4 is 51.1 Å². The number of anilines is 2. The molecule has 2 amide bonds. The smallest absolute Gasteiger partial charge is 0.407 e. The summed E-state index contributed by atoms with van der Waals surface area (Å²) in [6.07, 6.45) is -0.00834. The molecule has 16 heteroatoms. The summed E-state index contributed by atoms with van der Waals surface area (Å²) in [5.74, 6) is -5.84. The lowest BCUT2D eigenvalue weighted by atomic mass is 9.77. The van der Waals surface area contributed by atoms with Gasteiger partial charge < -0.3 is 25.0 Å². The summed E-state index contributed by atoms with van der Waals surface area (Å²) in [4.78, 5) is 43.5. The molecule has 1 aromatic heterocycles. The fourth-order valence-corrected chi connectivity index (χ4v) is 8.04. The summed E-state index contributed by atoms with van der Waals surface area (Å²) in [6, 6.07) is 7.90. The first-order chi connectivity index (χ1) is 22.4. The van der Waals surface area contributed by atoms with Crippen LogP contribution in [0.3, 0.4) is 0 Å². The van der Waals surface area contributed by atoms with Crippen molar-refractivity contribution in [2.75, 3.05) is 42.5 Å². The minimum atomic E-state index is -3.91. The van der Waals surface area contributed by atoms with Crippen molar-refractivity contribution in [3.05, 3.63) is 47.1 Å². The average molecular weight is 712 g/mol. The van der Waals surface area contributed by atoms with E-state index in [1.54, 1.807) is 37.8 Å². The zero-order valence-electron chi connectivity index (χ0n) is 27.0. The predicted molar refractivity (Wildman–Crippen MR) is 174 cm³/mol. The zero-order chi connectivity index (χ0) is 35.0. The molecule has 2 saturated heterocycles. The third kappa shape index (κ3) is 8.00. The van der Waals surface area contributed by atoms with E-state index in [-0.39, 0.29) is 92.2 Å². The fourth-order valence-electron chi connectivity index (χ4n) is 6.41. The summed E-state index contributed by atoms with van der Waals surface area (Å²) in [5.41, 5.74) is -0.485. The fraction of sp³-hybridized carbons (Fsp3) is 0.562. The van der Waals surface area contributed by atoms with Gasteiger partial charge in [0.1, 0.15) is 16.6 Å². The van der Waals surface area contributed by atoms with Gasteiger partial charge in [0, 0.05) is 56.3 Å². The Morgan fingerprint density at radius 2 is 1.65 bits per heavy atom. The molecule has 0 spiro atoms. The maximum absolute atomic E-state index is 15.6. The number of aliphatic carboxylic acids is 1. The Morgan fingerprint density at radius 1 is 1.02 bits per heavy atom. The van der Waals surface area contributed by atoms with Gasteiger partial charge in [-0.1, -0.05) is 11.6 Å². The minimum Gasteiger partial charge on any atom is -0.481 e. The Balaban J connectivity index is 1.20. The first-order valence-corrected chi connectivity index (χ1v) is 17.7. The number of nitrogens with zero attached hydrogens (tertiary/aromatic N) is 4. The summed E-state index contributed by atoms with van der Waals surface area (Å²) < 4.78 is 64.7. The van der Waals surface area contributed by atoms with Crippen molar-refractivity contribution in [2.24, 2.45) is 11.8 Å². The third-order valence-electron chi connectivity index (χ3n) is 8.95. The highest BCUT2D eigenvalue weighted by atomic mass is 35.5. The van der Waals surface area contributed by atoms with E-state index in [9.17, 15) is 27.9 Å². The molecule has 3 fully saturated rings. The minimum absolute atomic E-state index is 0.0372. The van der Waals surface area contributed by atoms with Crippen molar-refractivity contribution < 1.29 is 41.4 Å². The number of alkyl carbamates (subject to hydrolysis) is 1. The Hall–Kier alpha value is -3.56. The predicted octanol–water partition coefficient (Wildman–Crippen LogP) is 4.86. The summed E-state index contributed by atoms with van der Waals surface area (Å²) in [7, 11) is -3.91. The van der Waals surface area contributed by atoms with Crippen molar-refractivity contribution in [1.29, 1.82) is 0 Å². The van der Waals surface area contributed by atoms with Crippen LogP contribution in [0.5, 0.6) is 0 Å². The third-order valence-corrected chi connectivity index (χ3v) is 11.1. The lowest BCUT2D eigenvalue weighted by Gasteiger charge is -2.36. The number of pyridine rings is 1. The number of carboxylic acid groups (broad SMARTS) is 1. The first kappa shape index (κ1) is 35.7. The first-order valence-electron chi connectivity index (χ1n) is 15.9. The van der Waals surface area contributed by atoms with Crippen LogP contribution in [-0.4, -0.2) is 85.1 Å². The van der Waals surface area contributed by atoms with Gasteiger partial charge in [-0.3, -0.25) is 9.59 Å². The van der Waals surface area contributed by atoms with E-state index in [0.717, 1.165) is 6.07 Å². The Labute approximate surface area is 283 Å². The second kappa shape index (κ2) is 13.7. The maximum atomic E-state index is 15.6. The number of ether oxygens (including phenoxy) is 1. The number of aromatic nitrogens is 1. The van der Waals surface area contributed by atoms with Crippen molar-refractivity contribution in [2.45, 2.75) is 75.3 Å². The molecule has 12 nitrogen and oxygen atoms in total. The highest BCUT2D eigenvalue weighted by Crippen LogP contribution is 2.46. The molecule has 1 saturated carbocycles. The number of rotatable bonds is 8. The van der Waals surface area contributed by atoms with E-state index in [4.69, 9.17) is 16.3 Å². The van der Waals surface area contributed by atoms with Crippen molar-refractivity contribution in [3.63, 3.8) is 0 Å². The molecular weight excluding hydrogens is 672 g/mol. The van der Waals surface area contributed by atoms with Crippen LogP contribution in [-0.2, 0) is 30.3 Å². The number of benzene rings is 1. The van der Waals surface area contributed by atoms with Gasteiger partial charge in [-0.15, -0.1) is 0 Å². The summed E-state index contributed by atoms with van der Waals surface area (Å²) in [5, 5.41) is 11.8. The van der Waals surface area contributed by atoms with E-state index in [1.807, 2.05) is 0 Å². The monoisotopic (exact) mass is 711 g/mol. The molecule has 2 aliphatic heterocycles. The van der Waals surface area contributed by atoms with E-state index in [0.29, 0.717) is 5.69 Å². The topological polar surface area (TPSA) is 149 Å². The molecule has 1 unspecified atom stereocenters. The quantitative estimate of drug-likeness (QED) is 0.366. The molecule has 0 radical (unpaired) electrons. The molecule has 262 valence electrons. The van der Waals surface area contributed by atoms with Crippen LogP contribution >= 0.6 is 11.6 Å². The molecule has 3 heterocycles. The average Bonchev–Trinajstić information content (AvgIpc) is 3.39. The number of amides is 2. The molecule has 3 aliphatic rings. The van der Waals surface area contributed by atoms with Gasteiger partial charge in [-0.05, 0) is 82.9 Å². The lowest BCUT2D eigenvalue weighted by Crippen LogP contribution is -2.49. The Morgan fingerprint density at radius 3 is 2.23 bits per heavy atom. The number of carbonyl (C=O) groups excluding carboxylic acids is 2. The Kier molecular flexibility index (Phi) is 10.2. The van der Waals surface area contributed by atoms with Gasteiger partial charge in [-0.25, -0.2) is 27.0 Å². The standard InChI is InChI=1S/C32H40ClF2N5O7S/c1-31(2,3)47-30(44)36-23-18-28(41)40(19-23)24-8-10-25(11-9-24)48(45,46)39-14-12-38(13-15-39)27-17-22(16-26(33)37-27)32(34,35)21-6-4-20(5-7-21)29(42)43/h8-11,16-17,20-21,23H,4-7,12-15,18-19H2,1-3H3,(H,36,44)(H,42,43)/t20-,21-,23?. The number of sulfonamides is 1. The number of hydrogen-bond donors (Lipinski definition) is 2. The van der Waals surface area contributed by atoms with Crippen molar-refractivity contribution in [3.8, 4) is 0 Å². The van der Waals surface area contributed by atoms with E-state index >= 15 is 8.78 Å². The highest BCUT2D eigenvalue weighted by Gasteiger charge is 2.44. The number of carboxylic acids is 1. The van der Waals surface area contributed by atoms with Gasteiger partial charge in [-0.2, -0.15) is 4.31 Å². The van der Waals surface area contributed by atoms with E-state index in [2.05, 4.69) is 10.3 Å². The number of halogens is 3. The normalized spacial score (nSPS) is 22.9. The SMILES string of the molecule is CC(C)(C)OC(=O)NC1CC(=O)N(c2ccc(S(=O)(=O)N3CCN(c4cc(C(F)(F)[C@H]5CC[C@H](C(=O)O)CC5)cc(Cl)n4)CC3)cc2)C1. The summed E-state index contributed by atoms with van der Waals surface area (Å²) in [6.45, 7) is 5.96. The molecule has 48 heavy (non-hydrogen) atoms. The maximum Gasteiger partial charge on any atom is 0.407 e. The van der Waals surface area contributed by atoms with E-state index < -0.39 is 51.5 Å². The lowest BCUT2D eigenvalue weighted by molar-refractivity contribution is -0.145. The zero-order valence-corrected chi connectivity index (χ0v) is 28.6. The molecule has 0 bridgehead atoms. The van der Waals surface area contributed by atoms with Crippen LogP contribution in [0.25, 0.3) is 0 Å².